The lowest BCUT2D eigenvalue weighted by Gasteiger charge is -2.12. The largest absolute Gasteiger partial charge is 0.508 e. The molecule has 1 heterocycles. The van der Waals surface area contributed by atoms with Crippen molar-refractivity contribution in [2.75, 3.05) is 0 Å². The number of rotatable bonds is 5. The number of aryl methyl sites for hydroxylation is 1. The van der Waals surface area contributed by atoms with Gasteiger partial charge in [-0.25, -0.2) is 4.79 Å². The minimum absolute atomic E-state index is 0.173. The van der Waals surface area contributed by atoms with Gasteiger partial charge in [-0.3, -0.25) is 0 Å². The predicted octanol–water partition coefficient (Wildman–Crippen LogP) is 2.89. The number of aromatic hydroxyl groups is 1. The maximum atomic E-state index is 11.8. The third-order valence-corrected chi connectivity index (χ3v) is 4.43. The van der Waals surface area contributed by atoms with E-state index in [9.17, 15) is 9.90 Å². The molecule has 2 aromatic carbocycles. The van der Waals surface area contributed by atoms with E-state index in [4.69, 9.17) is 4.42 Å². The molecule has 0 saturated heterocycles. The Labute approximate surface area is 140 Å². The first-order chi connectivity index (χ1) is 11.6. The molecule has 4 nitrogen and oxygen atoms in total. The number of nitrogens with two attached hydrogens (primary N) is 1. The summed E-state index contributed by atoms with van der Waals surface area (Å²) in [5, 5.41) is 13.1. The van der Waals surface area contributed by atoms with Crippen LogP contribution in [0.3, 0.4) is 0 Å². The quantitative estimate of drug-likeness (QED) is 0.709. The second kappa shape index (κ2) is 6.89. The van der Waals surface area contributed by atoms with Crippen molar-refractivity contribution in [3.05, 3.63) is 75.6 Å². The third kappa shape index (κ3) is 3.34. The van der Waals surface area contributed by atoms with E-state index in [0.29, 0.717) is 12.1 Å². The lowest BCUT2D eigenvalue weighted by molar-refractivity contribution is -0.707. The second-order valence-corrected chi connectivity index (χ2v) is 6.06. The molecule has 0 spiro atoms. The smallest absolute Gasteiger partial charge is 0.336 e. The minimum Gasteiger partial charge on any atom is -0.508 e. The van der Waals surface area contributed by atoms with Crippen molar-refractivity contribution < 1.29 is 14.8 Å². The SMILES string of the molecule is CCc1cc2c(C[NH2+][C@@H](C)c3ccccc3)cc(=O)oc2cc1O. The highest BCUT2D eigenvalue weighted by Crippen LogP contribution is 2.26. The fraction of sp³-hybridized carbons (Fsp3) is 0.250. The van der Waals surface area contributed by atoms with Crippen LogP contribution in [0.1, 0.15) is 36.6 Å². The number of benzene rings is 2. The van der Waals surface area contributed by atoms with Crippen molar-refractivity contribution in [1.82, 2.24) is 0 Å². The highest BCUT2D eigenvalue weighted by Gasteiger charge is 2.13. The molecule has 0 saturated carbocycles. The first-order valence-electron chi connectivity index (χ1n) is 8.25. The zero-order valence-electron chi connectivity index (χ0n) is 14.0. The average molecular weight is 324 g/mol. The minimum atomic E-state index is -0.387. The van der Waals surface area contributed by atoms with E-state index in [1.165, 1.54) is 5.56 Å². The lowest BCUT2D eigenvalue weighted by atomic mass is 10.0. The maximum absolute atomic E-state index is 11.8. The van der Waals surface area contributed by atoms with Crippen LogP contribution in [0.25, 0.3) is 11.0 Å². The monoisotopic (exact) mass is 324 g/mol. The average Bonchev–Trinajstić information content (AvgIpc) is 2.59. The number of quaternary nitrogens is 1. The summed E-state index contributed by atoms with van der Waals surface area (Å²) in [5.74, 6) is 0.173. The number of fused-ring (bicyclic) bond motifs is 1. The summed E-state index contributed by atoms with van der Waals surface area (Å²) in [6.07, 6.45) is 0.727. The van der Waals surface area contributed by atoms with Gasteiger partial charge in [-0.05, 0) is 25.0 Å². The van der Waals surface area contributed by atoms with Crippen LogP contribution in [0, 0.1) is 0 Å². The van der Waals surface area contributed by atoms with E-state index in [1.807, 2.05) is 31.2 Å². The first kappa shape index (κ1) is 16.3. The standard InChI is InChI=1S/C20H21NO3/c1-3-14-9-17-16(10-20(23)24-19(17)11-18(14)22)12-21-13(2)15-7-5-4-6-8-15/h4-11,13,21-22H,3,12H2,1-2H3/p+1/t13-/m0/s1. The summed E-state index contributed by atoms with van der Waals surface area (Å²) in [5.41, 5.74) is 3.08. The Morgan fingerprint density at radius 2 is 1.88 bits per heavy atom. The lowest BCUT2D eigenvalue weighted by Crippen LogP contribution is -2.83. The molecule has 1 atom stereocenters. The van der Waals surface area contributed by atoms with Crippen molar-refractivity contribution in [2.45, 2.75) is 32.9 Å². The van der Waals surface area contributed by atoms with Crippen molar-refractivity contribution in [3.8, 4) is 5.75 Å². The highest BCUT2D eigenvalue weighted by molar-refractivity contribution is 5.82. The van der Waals surface area contributed by atoms with Crippen LogP contribution in [0.5, 0.6) is 5.75 Å². The number of phenols is 1. The normalized spacial score (nSPS) is 12.4. The van der Waals surface area contributed by atoms with E-state index < -0.39 is 0 Å². The van der Waals surface area contributed by atoms with Crippen molar-refractivity contribution in [3.63, 3.8) is 0 Å². The molecule has 1 aromatic heterocycles. The molecule has 0 unspecified atom stereocenters. The summed E-state index contributed by atoms with van der Waals surface area (Å²) < 4.78 is 5.24. The van der Waals surface area contributed by atoms with Crippen molar-refractivity contribution in [2.24, 2.45) is 0 Å². The molecule has 0 aliphatic heterocycles. The second-order valence-electron chi connectivity index (χ2n) is 6.06. The van der Waals surface area contributed by atoms with Crippen LogP contribution in [0.2, 0.25) is 0 Å². The topological polar surface area (TPSA) is 67.0 Å². The van der Waals surface area contributed by atoms with Crippen LogP contribution in [0.4, 0.5) is 0 Å². The van der Waals surface area contributed by atoms with Gasteiger partial charge < -0.3 is 14.8 Å². The highest BCUT2D eigenvalue weighted by atomic mass is 16.4. The summed E-state index contributed by atoms with van der Waals surface area (Å²) in [6, 6.07) is 15.6. The van der Waals surface area contributed by atoms with Gasteiger partial charge in [-0.1, -0.05) is 37.3 Å². The van der Waals surface area contributed by atoms with Gasteiger partial charge in [0.05, 0.1) is 0 Å². The van der Waals surface area contributed by atoms with Gasteiger partial charge in [0, 0.05) is 28.6 Å². The number of phenolic OH excluding ortho intramolecular Hbond substituents is 1. The first-order valence-corrected chi connectivity index (χ1v) is 8.25. The zero-order valence-corrected chi connectivity index (χ0v) is 14.0. The molecule has 0 fully saturated rings. The zero-order chi connectivity index (χ0) is 17.1. The van der Waals surface area contributed by atoms with E-state index in [-0.39, 0.29) is 17.4 Å². The summed E-state index contributed by atoms with van der Waals surface area (Å²) in [7, 11) is 0. The number of hydrogen-bond acceptors (Lipinski definition) is 3. The summed E-state index contributed by atoms with van der Waals surface area (Å²) in [6.45, 7) is 4.81. The Hall–Kier alpha value is -2.59. The molecule has 4 heteroatoms. The molecule has 0 aliphatic rings. The molecule has 3 aromatic rings. The predicted molar refractivity (Wildman–Crippen MR) is 94.0 cm³/mol. The number of hydrogen-bond donors (Lipinski definition) is 2. The van der Waals surface area contributed by atoms with Crippen molar-refractivity contribution >= 4 is 11.0 Å². The van der Waals surface area contributed by atoms with Crippen LogP contribution in [0.15, 0.2) is 57.7 Å². The van der Waals surface area contributed by atoms with Gasteiger partial charge in [0.2, 0.25) is 0 Å². The van der Waals surface area contributed by atoms with Gasteiger partial charge in [-0.2, -0.15) is 0 Å². The summed E-state index contributed by atoms with van der Waals surface area (Å²) >= 11 is 0. The fourth-order valence-corrected chi connectivity index (χ4v) is 2.96. The van der Waals surface area contributed by atoms with Crippen molar-refractivity contribution in [1.29, 1.82) is 0 Å². The van der Waals surface area contributed by atoms with Gasteiger partial charge in [0.1, 0.15) is 23.9 Å². The van der Waals surface area contributed by atoms with E-state index >= 15 is 0 Å². The maximum Gasteiger partial charge on any atom is 0.336 e. The molecule has 124 valence electrons. The Kier molecular flexibility index (Phi) is 4.67. The summed E-state index contributed by atoms with van der Waals surface area (Å²) in [4.78, 5) is 11.8. The Morgan fingerprint density at radius 3 is 2.58 bits per heavy atom. The van der Waals surface area contributed by atoms with Gasteiger partial charge in [0.25, 0.3) is 0 Å². The van der Waals surface area contributed by atoms with Crippen LogP contribution in [-0.4, -0.2) is 5.11 Å². The Balaban J connectivity index is 1.92. The molecular formula is C20H22NO3+. The van der Waals surface area contributed by atoms with E-state index in [0.717, 1.165) is 22.9 Å². The molecule has 0 bridgehead atoms. The fourth-order valence-electron chi connectivity index (χ4n) is 2.96. The van der Waals surface area contributed by atoms with Gasteiger partial charge in [-0.15, -0.1) is 0 Å². The van der Waals surface area contributed by atoms with Crippen LogP contribution < -0.4 is 10.9 Å². The molecule has 0 aliphatic carbocycles. The molecule has 3 N–H and O–H groups in total. The van der Waals surface area contributed by atoms with Gasteiger partial charge >= 0.3 is 5.63 Å². The molecule has 24 heavy (non-hydrogen) atoms. The molecule has 0 amide bonds. The molecule has 3 rings (SSSR count). The van der Waals surface area contributed by atoms with E-state index in [1.54, 1.807) is 12.1 Å². The van der Waals surface area contributed by atoms with Crippen LogP contribution >= 0.6 is 0 Å². The molecule has 0 radical (unpaired) electrons. The molecular weight excluding hydrogens is 302 g/mol. The van der Waals surface area contributed by atoms with Crippen LogP contribution in [-0.2, 0) is 13.0 Å². The third-order valence-electron chi connectivity index (χ3n) is 4.43. The van der Waals surface area contributed by atoms with Gasteiger partial charge in [0.15, 0.2) is 0 Å². The Bertz CT molecular complexity index is 900. The van der Waals surface area contributed by atoms with E-state index in [2.05, 4.69) is 24.4 Å². The Morgan fingerprint density at radius 1 is 1.12 bits per heavy atom.